The predicted molar refractivity (Wildman–Crippen MR) is 69.4 cm³/mol. The van der Waals surface area contributed by atoms with Crippen molar-refractivity contribution < 1.29 is 9.90 Å². The molecule has 4 heteroatoms. The Labute approximate surface area is 108 Å². The summed E-state index contributed by atoms with van der Waals surface area (Å²) in [5.74, 6) is -0.674. The molecule has 1 saturated heterocycles. The molecule has 1 aromatic rings. The summed E-state index contributed by atoms with van der Waals surface area (Å²) in [7, 11) is 0. The Bertz CT molecular complexity index is 381. The molecular formula is C14H20N2O2. The van der Waals surface area contributed by atoms with Crippen LogP contribution in [0.5, 0.6) is 0 Å². The number of aliphatic carboxylic acids is 1. The highest BCUT2D eigenvalue weighted by molar-refractivity contribution is 5.73. The van der Waals surface area contributed by atoms with E-state index in [1.807, 2.05) is 12.1 Å². The summed E-state index contributed by atoms with van der Waals surface area (Å²) in [4.78, 5) is 17.4. The SMILES string of the molecule is O=C(O)C1CCCCCN1CCc1ccncc1. The fourth-order valence-corrected chi connectivity index (χ4v) is 2.54. The molecule has 0 spiro atoms. The normalized spacial score (nSPS) is 21.4. The standard InChI is InChI=1S/C14H20N2O2/c17-14(18)13-4-2-1-3-10-16(13)11-7-12-5-8-15-9-6-12/h5-6,8-9,13H,1-4,7,10-11H2,(H,17,18). The van der Waals surface area contributed by atoms with Crippen LogP contribution in [0.25, 0.3) is 0 Å². The number of carbonyl (C=O) groups is 1. The summed E-state index contributed by atoms with van der Waals surface area (Å²) in [5.41, 5.74) is 1.22. The third-order valence-corrected chi connectivity index (χ3v) is 3.59. The maximum absolute atomic E-state index is 11.3. The fourth-order valence-electron chi connectivity index (χ4n) is 2.54. The van der Waals surface area contributed by atoms with Crippen LogP contribution >= 0.6 is 0 Å². The van der Waals surface area contributed by atoms with Crippen molar-refractivity contribution in [2.75, 3.05) is 13.1 Å². The lowest BCUT2D eigenvalue weighted by Crippen LogP contribution is -2.41. The molecule has 4 nitrogen and oxygen atoms in total. The van der Waals surface area contributed by atoms with Crippen molar-refractivity contribution in [3.05, 3.63) is 30.1 Å². The summed E-state index contributed by atoms with van der Waals surface area (Å²) in [5, 5.41) is 9.28. The molecule has 1 atom stereocenters. The number of rotatable bonds is 4. The zero-order chi connectivity index (χ0) is 12.8. The molecule has 0 aliphatic carbocycles. The van der Waals surface area contributed by atoms with Crippen LogP contribution in [-0.2, 0) is 11.2 Å². The lowest BCUT2D eigenvalue weighted by Gasteiger charge is -2.26. The maximum Gasteiger partial charge on any atom is 0.320 e. The number of hydrogen-bond donors (Lipinski definition) is 1. The number of pyridine rings is 1. The van der Waals surface area contributed by atoms with E-state index >= 15 is 0 Å². The molecule has 1 fully saturated rings. The average Bonchev–Trinajstić information content (AvgIpc) is 2.63. The number of carboxylic acid groups (broad SMARTS) is 1. The number of likely N-dealkylation sites (tertiary alicyclic amines) is 1. The Balaban J connectivity index is 1.94. The molecule has 1 N–H and O–H groups in total. The van der Waals surface area contributed by atoms with Gasteiger partial charge in [-0.1, -0.05) is 12.8 Å². The van der Waals surface area contributed by atoms with Crippen LogP contribution in [0.3, 0.4) is 0 Å². The van der Waals surface area contributed by atoms with E-state index in [1.54, 1.807) is 12.4 Å². The van der Waals surface area contributed by atoms with Gasteiger partial charge in [-0.3, -0.25) is 14.7 Å². The summed E-state index contributed by atoms with van der Waals surface area (Å²) in [6.45, 7) is 1.73. The van der Waals surface area contributed by atoms with Crippen molar-refractivity contribution in [1.29, 1.82) is 0 Å². The maximum atomic E-state index is 11.3. The van der Waals surface area contributed by atoms with Gasteiger partial charge in [0.2, 0.25) is 0 Å². The molecule has 2 heterocycles. The van der Waals surface area contributed by atoms with Crippen molar-refractivity contribution in [1.82, 2.24) is 9.88 Å². The Morgan fingerprint density at radius 3 is 2.83 bits per heavy atom. The second-order valence-electron chi connectivity index (χ2n) is 4.84. The zero-order valence-corrected chi connectivity index (χ0v) is 10.6. The van der Waals surface area contributed by atoms with Gasteiger partial charge >= 0.3 is 5.97 Å². The minimum atomic E-state index is -0.674. The van der Waals surface area contributed by atoms with Gasteiger partial charge in [-0.05, 0) is 43.5 Å². The fraction of sp³-hybridized carbons (Fsp3) is 0.571. The Kier molecular flexibility index (Phi) is 4.70. The number of carboxylic acids is 1. The molecule has 1 aliphatic heterocycles. The van der Waals surface area contributed by atoms with Gasteiger partial charge in [-0.15, -0.1) is 0 Å². The summed E-state index contributed by atoms with van der Waals surface area (Å²) < 4.78 is 0. The molecule has 1 aliphatic rings. The first-order chi connectivity index (χ1) is 8.77. The monoisotopic (exact) mass is 248 g/mol. The van der Waals surface area contributed by atoms with E-state index in [0.717, 1.165) is 45.2 Å². The van der Waals surface area contributed by atoms with E-state index in [4.69, 9.17) is 0 Å². The minimum Gasteiger partial charge on any atom is -0.480 e. The second-order valence-corrected chi connectivity index (χ2v) is 4.84. The largest absolute Gasteiger partial charge is 0.480 e. The van der Waals surface area contributed by atoms with Gasteiger partial charge in [0.05, 0.1) is 0 Å². The first-order valence-corrected chi connectivity index (χ1v) is 6.63. The van der Waals surface area contributed by atoms with Crippen LogP contribution in [0, 0.1) is 0 Å². The predicted octanol–water partition coefficient (Wildman–Crippen LogP) is 1.95. The number of nitrogens with zero attached hydrogens (tertiary/aromatic N) is 2. The smallest absolute Gasteiger partial charge is 0.320 e. The van der Waals surface area contributed by atoms with Crippen LogP contribution in [0.2, 0.25) is 0 Å². The van der Waals surface area contributed by atoms with Gasteiger partial charge in [0, 0.05) is 18.9 Å². The summed E-state index contributed by atoms with van der Waals surface area (Å²) >= 11 is 0. The lowest BCUT2D eigenvalue weighted by molar-refractivity contribution is -0.143. The number of hydrogen-bond acceptors (Lipinski definition) is 3. The molecule has 0 amide bonds. The van der Waals surface area contributed by atoms with Gasteiger partial charge in [0.1, 0.15) is 6.04 Å². The number of aromatic nitrogens is 1. The molecule has 1 unspecified atom stereocenters. The van der Waals surface area contributed by atoms with Crippen molar-refractivity contribution in [2.45, 2.75) is 38.1 Å². The molecule has 98 valence electrons. The van der Waals surface area contributed by atoms with Gasteiger partial charge in [-0.25, -0.2) is 0 Å². The molecule has 0 aromatic carbocycles. The summed E-state index contributed by atoms with van der Waals surface area (Å²) in [6.07, 6.45) is 8.54. The molecular weight excluding hydrogens is 228 g/mol. The highest BCUT2D eigenvalue weighted by Gasteiger charge is 2.26. The Morgan fingerprint density at radius 1 is 1.33 bits per heavy atom. The van der Waals surface area contributed by atoms with Crippen LogP contribution < -0.4 is 0 Å². The average molecular weight is 248 g/mol. The molecule has 1 aromatic heterocycles. The molecule has 0 radical (unpaired) electrons. The second kappa shape index (κ2) is 6.50. The highest BCUT2D eigenvalue weighted by atomic mass is 16.4. The van der Waals surface area contributed by atoms with Crippen molar-refractivity contribution in [3.63, 3.8) is 0 Å². The van der Waals surface area contributed by atoms with E-state index in [-0.39, 0.29) is 6.04 Å². The molecule has 18 heavy (non-hydrogen) atoms. The Morgan fingerprint density at radius 2 is 2.11 bits per heavy atom. The van der Waals surface area contributed by atoms with E-state index in [2.05, 4.69) is 9.88 Å². The molecule has 0 bridgehead atoms. The van der Waals surface area contributed by atoms with Crippen molar-refractivity contribution >= 4 is 5.97 Å². The van der Waals surface area contributed by atoms with Crippen LogP contribution in [0.1, 0.15) is 31.2 Å². The lowest BCUT2D eigenvalue weighted by atomic mass is 10.1. The first-order valence-electron chi connectivity index (χ1n) is 6.63. The zero-order valence-electron chi connectivity index (χ0n) is 10.6. The van der Waals surface area contributed by atoms with Gasteiger partial charge in [-0.2, -0.15) is 0 Å². The third-order valence-electron chi connectivity index (χ3n) is 3.59. The van der Waals surface area contributed by atoms with Crippen LogP contribution in [0.15, 0.2) is 24.5 Å². The quantitative estimate of drug-likeness (QED) is 0.885. The van der Waals surface area contributed by atoms with Crippen LogP contribution in [-0.4, -0.2) is 40.1 Å². The van der Waals surface area contributed by atoms with Gasteiger partial charge in [0.25, 0.3) is 0 Å². The Hall–Kier alpha value is -1.42. The molecule has 0 saturated carbocycles. The van der Waals surface area contributed by atoms with Crippen molar-refractivity contribution in [3.8, 4) is 0 Å². The first kappa shape index (κ1) is 13.0. The molecule has 2 rings (SSSR count). The van der Waals surface area contributed by atoms with Crippen LogP contribution in [0.4, 0.5) is 0 Å². The highest BCUT2D eigenvalue weighted by Crippen LogP contribution is 2.17. The van der Waals surface area contributed by atoms with Crippen molar-refractivity contribution in [2.24, 2.45) is 0 Å². The topological polar surface area (TPSA) is 53.4 Å². The van der Waals surface area contributed by atoms with E-state index in [1.165, 1.54) is 5.56 Å². The van der Waals surface area contributed by atoms with E-state index in [0.29, 0.717) is 0 Å². The van der Waals surface area contributed by atoms with E-state index in [9.17, 15) is 9.90 Å². The third kappa shape index (κ3) is 3.53. The van der Waals surface area contributed by atoms with E-state index < -0.39 is 5.97 Å². The summed E-state index contributed by atoms with van der Waals surface area (Å²) in [6, 6.07) is 3.69. The minimum absolute atomic E-state index is 0.297. The van der Waals surface area contributed by atoms with Gasteiger partial charge in [0.15, 0.2) is 0 Å². The van der Waals surface area contributed by atoms with Gasteiger partial charge < -0.3 is 5.11 Å².